The lowest BCUT2D eigenvalue weighted by Gasteiger charge is -2.28. The van der Waals surface area contributed by atoms with Crippen molar-refractivity contribution >= 4 is 15.8 Å². The van der Waals surface area contributed by atoms with E-state index in [0.29, 0.717) is 29.6 Å². The first-order chi connectivity index (χ1) is 16.1. The van der Waals surface area contributed by atoms with E-state index in [4.69, 9.17) is 14.6 Å². The lowest BCUT2D eigenvalue weighted by atomic mass is 10.0. The Morgan fingerprint density at radius 1 is 1.12 bits per heavy atom. The number of halogens is 2. The van der Waals surface area contributed by atoms with E-state index in [0.717, 1.165) is 12.1 Å². The molecule has 1 aliphatic carbocycles. The van der Waals surface area contributed by atoms with Crippen LogP contribution in [0.3, 0.4) is 0 Å². The van der Waals surface area contributed by atoms with Crippen molar-refractivity contribution in [1.82, 2.24) is 10.3 Å². The first-order valence-corrected chi connectivity index (χ1v) is 11.8. The fourth-order valence-electron chi connectivity index (χ4n) is 4.07. The number of anilines is 1. The summed E-state index contributed by atoms with van der Waals surface area (Å²) in [5, 5.41) is 11.3. The fraction of sp³-hybridized carbons (Fsp3) is 0.174. The van der Waals surface area contributed by atoms with Crippen molar-refractivity contribution in [2.75, 3.05) is 11.9 Å². The van der Waals surface area contributed by atoms with Gasteiger partial charge in [-0.05, 0) is 55.0 Å². The molecule has 2 aromatic carbocycles. The molecule has 2 aliphatic rings. The second kappa shape index (κ2) is 7.96. The van der Waals surface area contributed by atoms with Gasteiger partial charge in [0.1, 0.15) is 29.7 Å². The summed E-state index contributed by atoms with van der Waals surface area (Å²) >= 11 is 0. The number of sulfonamides is 1. The molecule has 0 radical (unpaired) electrons. The molecule has 3 aromatic rings. The minimum atomic E-state index is -3.77. The Morgan fingerprint density at radius 2 is 1.82 bits per heavy atom. The van der Waals surface area contributed by atoms with Gasteiger partial charge in [-0.3, -0.25) is 0 Å². The van der Waals surface area contributed by atoms with Crippen molar-refractivity contribution in [3.8, 4) is 17.2 Å². The molecule has 8 nitrogen and oxygen atoms in total. The highest BCUT2D eigenvalue weighted by Gasteiger charge is 2.60. The number of aromatic nitrogens is 1. The van der Waals surface area contributed by atoms with Gasteiger partial charge in [-0.1, -0.05) is 6.58 Å². The molecular formula is C23H20F2N4O4S. The Labute approximate surface area is 194 Å². The average molecular weight is 487 g/mol. The van der Waals surface area contributed by atoms with Gasteiger partial charge in [0.2, 0.25) is 10.0 Å². The maximum absolute atomic E-state index is 14.3. The number of hydrogen-bond donors (Lipinski definition) is 3. The van der Waals surface area contributed by atoms with Crippen LogP contribution < -0.4 is 25.2 Å². The highest BCUT2D eigenvalue weighted by atomic mass is 32.2. The van der Waals surface area contributed by atoms with Gasteiger partial charge in [0.05, 0.1) is 22.5 Å². The summed E-state index contributed by atoms with van der Waals surface area (Å²) in [7, 11) is -3.77. The van der Waals surface area contributed by atoms with Crippen LogP contribution in [0.5, 0.6) is 17.2 Å². The van der Waals surface area contributed by atoms with Gasteiger partial charge < -0.3 is 20.1 Å². The molecule has 2 atom stereocenters. The van der Waals surface area contributed by atoms with Crippen LogP contribution in [0.15, 0.2) is 72.0 Å². The minimum absolute atomic E-state index is 0.0133. The Bertz CT molecular complexity index is 1380. The number of primary sulfonamides is 1. The molecule has 4 N–H and O–H groups in total. The van der Waals surface area contributed by atoms with Gasteiger partial charge in [-0.25, -0.2) is 27.3 Å². The quantitative estimate of drug-likeness (QED) is 0.467. The number of fused-ring (bicyclic) bond motifs is 3. The van der Waals surface area contributed by atoms with Gasteiger partial charge in [0.15, 0.2) is 11.6 Å². The van der Waals surface area contributed by atoms with Crippen LogP contribution in [0.25, 0.3) is 0 Å². The third-order valence-electron chi connectivity index (χ3n) is 5.80. The van der Waals surface area contributed by atoms with Crippen LogP contribution in [0.1, 0.15) is 17.9 Å². The first-order valence-electron chi connectivity index (χ1n) is 10.3. The van der Waals surface area contributed by atoms with E-state index in [2.05, 4.69) is 22.2 Å². The molecule has 0 amide bonds. The summed E-state index contributed by atoms with van der Waals surface area (Å²) in [6.07, 6.45) is 2.07. The van der Waals surface area contributed by atoms with Gasteiger partial charge in [-0.15, -0.1) is 0 Å². The summed E-state index contributed by atoms with van der Waals surface area (Å²) < 4.78 is 62.1. The number of benzene rings is 2. The molecular weight excluding hydrogens is 466 g/mol. The fourth-order valence-corrected chi connectivity index (χ4v) is 4.59. The topological polar surface area (TPSA) is 116 Å². The van der Waals surface area contributed by atoms with Crippen molar-refractivity contribution in [2.45, 2.75) is 22.8 Å². The van der Waals surface area contributed by atoms with E-state index in [1.165, 1.54) is 30.5 Å². The second-order valence-electron chi connectivity index (χ2n) is 8.20. The predicted molar refractivity (Wildman–Crippen MR) is 120 cm³/mol. The molecule has 1 aromatic heterocycles. The molecule has 0 spiro atoms. The van der Waals surface area contributed by atoms with Crippen molar-refractivity contribution in [3.05, 3.63) is 84.3 Å². The Hall–Kier alpha value is -3.70. The highest BCUT2D eigenvalue weighted by Crippen LogP contribution is 2.58. The van der Waals surface area contributed by atoms with E-state index < -0.39 is 27.2 Å². The van der Waals surface area contributed by atoms with Crippen LogP contribution in [-0.2, 0) is 10.0 Å². The molecule has 176 valence electrons. The molecule has 1 unspecified atom stereocenters. The third-order valence-corrected chi connectivity index (χ3v) is 6.72. The first kappa shape index (κ1) is 22.1. The van der Waals surface area contributed by atoms with Gasteiger partial charge in [0.25, 0.3) is 0 Å². The lowest BCUT2D eigenvalue weighted by Crippen LogP contribution is -2.42. The van der Waals surface area contributed by atoms with Crippen LogP contribution in [0.4, 0.5) is 14.6 Å². The van der Waals surface area contributed by atoms with Crippen LogP contribution in [-0.4, -0.2) is 25.5 Å². The number of nitrogens with zero attached hydrogens (tertiary/aromatic N) is 1. The van der Waals surface area contributed by atoms with Crippen LogP contribution in [0, 0.1) is 11.6 Å². The van der Waals surface area contributed by atoms with E-state index in [-0.39, 0.29) is 28.7 Å². The van der Waals surface area contributed by atoms with Crippen molar-refractivity contribution in [2.24, 2.45) is 5.14 Å². The summed E-state index contributed by atoms with van der Waals surface area (Å²) in [5.74, 6) is 0.484. The highest BCUT2D eigenvalue weighted by molar-refractivity contribution is 7.89. The molecule has 11 heteroatoms. The zero-order valence-electron chi connectivity index (χ0n) is 17.7. The van der Waals surface area contributed by atoms with Crippen molar-refractivity contribution < 1.29 is 26.7 Å². The second-order valence-corrected chi connectivity index (χ2v) is 9.76. The molecule has 0 bridgehead atoms. The maximum atomic E-state index is 14.3. The summed E-state index contributed by atoms with van der Waals surface area (Å²) in [6.45, 7) is 4.14. The molecule has 1 fully saturated rings. The van der Waals surface area contributed by atoms with Gasteiger partial charge in [0, 0.05) is 11.5 Å². The predicted octanol–water partition coefficient (Wildman–Crippen LogP) is 3.59. The standard InChI is InChI=1S/C23H20F2N4O4S/c1-13(29-23-10-17(23)21-18(24)7-8-19(25)22(21)32-12-23)28-20-9-4-15(11-27-20)33-14-2-5-16(6-3-14)34(26,30)31/h2-9,11,17,29H,1,10,12H2,(H,27,28)(H2,26,30,31)/t17?,23-/m0/s1. The normalized spacial score (nSPS) is 20.4. The number of rotatable bonds is 7. The summed E-state index contributed by atoms with van der Waals surface area (Å²) in [6, 6.07) is 11.2. The molecule has 1 saturated carbocycles. The maximum Gasteiger partial charge on any atom is 0.238 e. The van der Waals surface area contributed by atoms with Crippen LogP contribution >= 0.6 is 0 Å². The monoisotopic (exact) mass is 486 g/mol. The van der Waals surface area contributed by atoms with E-state index in [1.54, 1.807) is 12.1 Å². The Balaban J connectivity index is 1.20. The largest absolute Gasteiger partial charge is 0.488 e. The minimum Gasteiger partial charge on any atom is -0.488 e. The smallest absolute Gasteiger partial charge is 0.238 e. The van der Waals surface area contributed by atoms with E-state index >= 15 is 0 Å². The van der Waals surface area contributed by atoms with E-state index in [9.17, 15) is 17.2 Å². The molecule has 2 heterocycles. The number of nitrogens with one attached hydrogen (secondary N) is 2. The van der Waals surface area contributed by atoms with Crippen molar-refractivity contribution in [3.63, 3.8) is 0 Å². The van der Waals surface area contributed by atoms with E-state index in [1.807, 2.05) is 0 Å². The number of hydrogen-bond acceptors (Lipinski definition) is 7. The zero-order chi connectivity index (χ0) is 24.1. The van der Waals surface area contributed by atoms with Crippen molar-refractivity contribution in [1.29, 1.82) is 0 Å². The summed E-state index contributed by atoms with van der Waals surface area (Å²) in [5.41, 5.74) is -0.305. The molecule has 34 heavy (non-hydrogen) atoms. The summed E-state index contributed by atoms with van der Waals surface area (Å²) in [4.78, 5) is 4.26. The molecule has 5 rings (SSSR count). The lowest BCUT2D eigenvalue weighted by molar-refractivity contribution is 0.225. The molecule has 0 saturated heterocycles. The Morgan fingerprint density at radius 3 is 2.50 bits per heavy atom. The molecule has 1 aliphatic heterocycles. The number of ether oxygens (including phenoxy) is 2. The number of pyridine rings is 1. The SMILES string of the molecule is C=C(Nc1ccc(Oc2ccc(S(N)(=O)=O)cc2)cn1)N[C@@]12COc3c(F)ccc(F)c3C1C2. The third kappa shape index (κ3) is 4.15. The zero-order valence-corrected chi connectivity index (χ0v) is 18.5. The van der Waals surface area contributed by atoms with Gasteiger partial charge in [-0.2, -0.15) is 0 Å². The average Bonchev–Trinajstić information content (AvgIpc) is 3.51. The van der Waals surface area contributed by atoms with Crippen LogP contribution in [0.2, 0.25) is 0 Å². The Kier molecular flexibility index (Phi) is 5.18. The van der Waals surface area contributed by atoms with Gasteiger partial charge >= 0.3 is 0 Å². The number of nitrogens with two attached hydrogens (primary N) is 1.